The molecule has 6 nitrogen and oxygen atoms in total. The van der Waals surface area contributed by atoms with Crippen LogP contribution in [-0.2, 0) is 0 Å². The Bertz CT molecular complexity index is 901. The molecular formula is C17H16ClN5O. The number of hydrogen-bond acceptors (Lipinski definition) is 4. The van der Waals surface area contributed by atoms with Crippen molar-refractivity contribution in [3.63, 3.8) is 0 Å². The molecular weight excluding hydrogens is 326 g/mol. The van der Waals surface area contributed by atoms with E-state index in [4.69, 9.17) is 11.6 Å². The number of amides is 1. The molecule has 1 aromatic carbocycles. The van der Waals surface area contributed by atoms with Gasteiger partial charge < -0.3 is 10.6 Å². The number of hydrogen-bond donors (Lipinski definition) is 2. The van der Waals surface area contributed by atoms with Gasteiger partial charge in [-0.1, -0.05) is 17.7 Å². The Hall–Kier alpha value is -2.44. The maximum Gasteiger partial charge on any atom is 0.259 e. The first kappa shape index (κ1) is 15.1. The van der Waals surface area contributed by atoms with Crippen LogP contribution in [0.1, 0.15) is 22.8 Å². The van der Waals surface area contributed by atoms with Crippen LogP contribution < -0.4 is 10.6 Å². The highest BCUT2D eigenvalue weighted by Crippen LogP contribution is 2.23. The molecule has 1 atom stereocenters. The first-order valence-corrected chi connectivity index (χ1v) is 8.20. The molecule has 1 saturated heterocycles. The molecule has 1 aliphatic rings. The van der Waals surface area contributed by atoms with Crippen molar-refractivity contribution in [3.8, 4) is 0 Å². The Kier molecular flexibility index (Phi) is 3.92. The summed E-state index contributed by atoms with van der Waals surface area (Å²) in [5.74, 6) is 0.256. The zero-order valence-electron chi connectivity index (χ0n) is 12.9. The Morgan fingerprint density at radius 2 is 2.29 bits per heavy atom. The number of anilines is 1. The highest BCUT2D eigenvalue weighted by Gasteiger charge is 2.18. The second kappa shape index (κ2) is 6.22. The molecule has 1 aliphatic heterocycles. The second-order valence-corrected chi connectivity index (χ2v) is 6.25. The zero-order valence-corrected chi connectivity index (χ0v) is 13.6. The SMILES string of the molecule is O=C(Nc1ccn(C2CCNC2)n1)c1cc(Cl)cc2cccnc12. The third-order valence-corrected chi connectivity index (χ3v) is 4.39. The lowest BCUT2D eigenvalue weighted by Gasteiger charge is -2.09. The quantitative estimate of drug-likeness (QED) is 0.768. The topological polar surface area (TPSA) is 71.8 Å². The Morgan fingerprint density at radius 3 is 3.12 bits per heavy atom. The molecule has 0 spiro atoms. The molecule has 24 heavy (non-hydrogen) atoms. The van der Waals surface area contributed by atoms with Crippen LogP contribution in [0.25, 0.3) is 10.9 Å². The molecule has 0 radical (unpaired) electrons. The lowest BCUT2D eigenvalue weighted by atomic mass is 10.1. The van der Waals surface area contributed by atoms with Crippen LogP contribution in [0.3, 0.4) is 0 Å². The summed E-state index contributed by atoms with van der Waals surface area (Å²) in [5, 5.41) is 11.9. The summed E-state index contributed by atoms with van der Waals surface area (Å²) in [6.07, 6.45) is 4.59. The van der Waals surface area contributed by atoms with Crippen molar-refractivity contribution in [2.24, 2.45) is 0 Å². The normalized spacial score (nSPS) is 17.3. The molecule has 122 valence electrons. The van der Waals surface area contributed by atoms with Crippen molar-refractivity contribution in [1.29, 1.82) is 0 Å². The fourth-order valence-corrected chi connectivity index (χ4v) is 3.21. The van der Waals surface area contributed by atoms with E-state index in [1.54, 1.807) is 24.4 Å². The number of carbonyl (C=O) groups is 1. The van der Waals surface area contributed by atoms with Crippen LogP contribution >= 0.6 is 11.6 Å². The van der Waals surface area contributed by atoms with Crippen LogP contribution in [0, 0.1) is 0 Å². The van der Waals surface area contributed by atoms with E-state index >= 15 is 0 Å². The van der Waals surface area contributed by atoms with E-state index in [9.17, 15) is 4.79 Å². The van der Waals surface area contributed by atoms with Crippen molar-refractivity contribution in [3.05, 3.63) is 53.3 Å². The van der Waals surface area contributed by atoms with E-state index in [1.165, 1.54) is 0 Å². The third-order valence-electron chi connectivity index (χ3n) is 4.17. The summed E-state index contributed by atoms with van der Waals surface area (Å²) in [6.45, 7) is 1.89. The number of carbonyl (C=O) groups excluding carboxylic acids is 1. The molecule has 7 heteroatoms. The lowest BCUT2D eigenvalue weighted by molar-refractivity contribution is 0.102. The minimum atomic E-state index is -0.268. The average Bonchev–Trinajstić information content (AvgIpc) is 3.25. The number of rotatable bonds is 3. The van der Waals surface area contributed by atoms with E-state index in [1.807, 2.05) is 23.0 Å². The Balaban J connectivity index is 1.60. The van der Waals surface area contributed by atoms with E-state index in [0.717, 1.165) is 24.9 Å². The van der Waals surface area contributed by atoms with Gasteiger partial charge in [0.25, 0.3) is 5.91 Å². The van der Waals surface area contributed by atoms with Gasteiger partial charge >= 0.3 is 0 Å². The van der Waals surface area contributed by atoms with Crippen LogP contribution in [0.5, 0.6) is 0 Å². The predicted octanol–water partition coefficient (Wildman–Crippen LogP) is 2.87. The summed E-state index contributed by atoms with van der Waals surface area (Å²) in [5.41, 5.74) is 1.06. The fraction of sp³-hybridized carbons (Fsp3) is 0.235. The first-order valence-electron chi connectivity index (χ1n) is 7.82. The predicted molar refractivity (Wildman–Crippen MR) is 93.5 cm³/mol. The highest BCUT2D eigenvalue weighted by atomic mass is 35.5. The molecule has 3 aromatic rings. The molecule has 4 rings (SSSR count). The third kappa shape index (κ3) is 2.86. The van der Waals surface area contributed by atoms with Gasteiger partial charge in [0.1, 0.15) is 0 Å². The van der Waals surface area contributed by atoms with Crippen molar-refractivity contribution in [2.75, 3.05) is 18.4 Å². The van der Waals surface area contributed by atoms with Crippen molar-refractivity contribution >= 4 is 34.2 Å². The van der Waals surface area contributed by atoms with Gasteiger partial charge in [0.05, 0.1) is 17.1 Å². The first-order chi connectivity index (χ1) is 11.7. The lowest BCUT2D eigenvalue weighted by Crippen LogP contribution is -2.16. The van der Waals surface area contributed by atoms with E-state index in [-0.39, 0.29) is 5.91 Å². The van der Waals surface area contributed by atoms with Crippen molar-refractivity contribution < 1.29 is 4.79 Å². The number of pyridine rings is 1. The van der Waals surface area contributed by atoms with Gasteiger partial charge in [-0.15, -0.1) is 0 Å². The molecule has 0 aliphatic carbocycles. The maximum atomic E-state index is 12.6. The minimum absolute atomic E-state index is 0.268. The van der Waals surface area contributed by atoms with E-state index < -0.39 is 0 Å². The Morgan fingerprint density at radius 1 is 1.38 bits per heavy atom. The second-order valence-electron chi connectivity index (χ2n) is 5.81. The van der Waals surface area contributed by atoms with Crippen molar-refractivity contribution in [2.45, 2.75) is 12.5 Å². The van der Waals surface area contributed by atoms with Crippen molar-refractivity contribution in [1.82, 2.24) is 20.1 Å². The summed E-state index contributed by atoms with van der Waals surface area (Å²) in [4.78, 5) is 16.9. The molecule has 0 bridgehead atoms. The van der Waals surface area contributed by atoms with E-state index in [0.29, 0.717) is 28.0 Å². The standard InChI is InChI=1S/C17H16ClN5O/c18-12-8-11-2-1-5-20-16(11)14(9-12)17(24)21-15-4-7-23(22-15)13-3-6-19-10-13/h1-2,4-5,7-9,13,19H,3,6,10H2,(H,21,22,24). The molecule has 1 amide bonds. The largest absolute Gasteiger partial charge is 0.315 e. The maximum absolute atomic E-state index is 12.6. The number of aromatic nitrogens is 3. The number of fused-ring (bicyclic) bond motifs is 1. The minimum Gasteiger partial charge on any atom is -0.315 e. The molecule has 1 fully saturated rings. The van der Waals surface area contributed by atoms with Crippen LogP contribution in [0.4, 0.5) is 5.82 Å². The summed E-state index contributed by atoms with van der Waals surface area (Å²) < 4.78 is 1.89. The number of halogens is 1. The molecule has 2 aromatic heterocycles. The summed E-state index contributed by atoms with van der Waals surface area (Å²) in [6, 6.07) is 9.26. The number of nitrogens with one attached hydrogen (secondary N) is 2. The zero-order chi connectivity index (χ0) is 16.5. The highest BCUT2D eigenvalue weighted by molar-refractivity contribution is 6.32. The smallest absolute Gasteiger partial charge is 0.259 e. The summed E-state index contributed by atoms with van der Waals surface area (Å²) in [7, 11) is 0. The number of nitrogens with zero attached hydrogens (tertiary/aromatic N) is 3. The van der Waals surface area contributed by atoms with Crippen LogP contribution in [0.2, 0.25) is 5.02 Å². The van der Waals surface area contributed by atoms with Gasteiger partial charge in [-0.25, -0.2) is 0 Å². The molecule has 3 heterocycles. The van der Waals surface area contributed by atoms with Crippen LogP contribution in [0.15, 0.2) is 42.7 Å². The van der Waals surface area contributed by atoms with Gasteiger partial charge in [0.15, 0.2) is 5.82 Å². The van der Waals surface area contributed by atoms with Gasteiger partial charge in [0.2, 0.25) is 0 Å². The molecule has 2 N–H and O–H groups in total. The summed E-state index contributed by atoms with van der Waals surface area (Å²) >= 11 is 6.13. The van der Waals surface area contributed by atoms with Gasteiger partial charge in [0, 0.05) is 35.4 Å². The monoisotopic (exact) mass is 341 g/mol. The average molecular weight is 342 g/mol. The number of benzene rings is 1. The van der Waals surface area contributed by atoms with Gasteiger partial charge in [-0.3, -0.25) is 14.5 Å². The van der Waals surface area contributed by atoms with E-state index in [2.05, 4.69) is 20.7 Å². The fourth-order valence-electron chi connectivity index (χ4n) is 2.99. The Labute approximate surface area is 143 Å². The van der Waals surface area contributed by atoms with Gasteiger partial charge in [-0.2, -0.15) is 5.10 Å². The van der Waals surface area contributed by atoms with Crippen LogP contribution in [-0.4, -0.2) is 33.8 Å². The molecule has 1 unspecified atom stereocenters. The molecule has 0 saturated carbocycles. The van der Waals surface area contributed by atoms with Gasteiger partial charge in [-0.05, 0) is 31.2 Å².